The molecule has 1 rings (SSSR count). The maximum atomic E-state index is 11.4. The summed E-state index contributed by atoms with van der Waals surface area (Å²) in [5, 5.41) is 22.2. The van der Waals surface area contributed by atoms with Crippen molar-refractivity contribution in [2.24, 2.45) is 0 Å². The summed E-state index contributed by atoms with van der Waals surface area (Å²) in [5.41, 5.74) is 0.875. The van der Waals surface area contributed by atoms with Gasteiger partial charge in [0.2, 0.25) is 0 Å². The maximum Gasteiger partial charge on any atom is 0.326 e. The Kier molecular flexibility index (Phi) is 5.65. The summed E-state index contributed by atoms with van der Waals surface area (Å²) in [7, 11) is 0. The molecule has 0 saturated heterocycles. The number of urea groups is 1. The number of amides is 2. The van der Waals surface area contributed by atoms with Crippen LogP contribution in [0.2, 0.25) is 0 Å². The number of imidazole rings is 1. The lowest BCUT2D eigenvalue weighted by Crippen LogP contribution is -2.46. The number of nitrogens with one attached hydrogen (secondary N) is 3. The number of hydrogen-bond donors (Lipinski definition) is 5. The zero-order valence-corrected chi connectivity index (χ0v) is 9.72. The van der Waals surface area contributed by atoms with E-state index in [4.69, 9.17) is 10.2 Å². The number of rotatable bonds is 7. The number of carbonyl (C=O) groups excluding carboxylic acids is 1. The highest BCUT2D eigenvalue weighted by Crippen LogP contribution is 1.92. The topological polar surface area (TPSA) is 127 Å². The smallest absolute Gasteiger partial charge is 0.326 e. The van der Waals surface area contributed by atoms with Crippen LogP contribution in [-0.4, -0.2) is 51.4 Å². The molecule has 0 aromatic carbocycles. The fraction of sp³-hybridized carbons (Fsp3) is 0.500. The van der Waals surface area contributed by atoms with E-state index in [2.05, 4.69) is 20.6 Å². The van der Waals surface area contributed by atoms with Gasteiger partial charge in [-0.15, -0.1) is 0 Å². The summed E-state index contributed by atoms with van der Waals surface area (Å²) in [6.07, 6.45) is 3.73. The van der Waals surface area contributed by atoms with E-state index in [1.54, 1.807) is 6.20 Å². The second-order valence-electron chi connectivity index (χ2n) is 3.63. The fourth-order valence-electron chi connectivity index (χ4n) is 1.33. The minimum absolute atomic E-state index is 0.0245. The summed E-state index contributed by atoms with van der Waals surface area (Å²) < 4.78 is 0. The highest BCUT2D eigenvalue weighted by Gasteiger charge is 2.18. The van der Waals surface area contributed by atoms with Crippen LogP contribution in [0.15, 0.2) is 12.5 Å². The second-order valence-corrected chi connectivity index (χ2v) is 3.63. The number of aliphatic hydroxyl groups excluding tert-OH is 1. The molecule has 0 radical (unpaired) electrons. The lowest BCUT2D eigenvalue weighted by molar-refractivity contribution is -0.139. The van der Waals surface area contributed by atoms with Crippen LogP contribution >= 0.6 is 0 Å². The highest BCUT2D eigenvalue weighted by molar-refractivity contribution is 5.82. The number of nitrogens with zero attached hydrogens (tertiary/aromatic N) is 1. The van der Waals surface area contributed by atoms with Crippen molar-refractivity contribution in [3.8, 4) is 0 Å². The van der Waals surface area contributed by atoms with Crippen LogP contribution in [0, 0.1) is 0 Å². The van der Waals surface area contributed by atoms with Crippen molar-refractivity contribution in [1.82, 2.24) is 20.6 Å². The summed E-state index contributed by atoms with van der Waals surface area (Å²) >= 11 is 0. The maximum absolute atomic E-state index is 11.4. The molecule has 0 saturated carbocycles. The second kappa shape index (κ2) is 7.28. The molecule has 2 amide bonds. The molecule has 8 nitrogen and oxygen atoms in total. The van der Waals surface area contributed by atoms with Crippen molar-refractivity contribution in [2.45, 2.75) is 18.9 Å². The van der Waals surface area contributed by atoms with Gasteiger partial charge >= 0.3 is 12.0 Å². The highest BCUT2D eigenvalue weighted by atomic mass is 16.4. The number of carbonyl (C=O) groups is 2. The Hall–Kier alpha value is -2.09. The molecule has 0 aliphatic rings. The molecule has 1 atom stereocenters. The average molecular weight is 256 g/mol. The first-order valence-electron chi connectivity index (χ1n) is 5.48. The van der Waals surface area contributed by atoms with Gasteiger partial charge in [-0.3, -0.25) is 0 Å². The van der Waals surface area contributed by atoms with Gasteiger partial charge < -0.3 is 25.8 Å². The number of aliphatic carboxylic acids is 1. The zero-order chi connectivity index (χ0) is 13.4. The molecule has 0 spiro atoms. The van der Waals surface area contributed by atoms with E-state index in [-0.39, 0.29) is 13.0 Å². The summed E-state index contributed by atoms with van der Waals surface area (Å²) in [6.45, 7) is 0.0604. The van der Waals surface area contributed by atoms with E-state index in [9.17, 15) is 9.59 Å². The number of aliphatic hydroxyl groups is 1. The van der Waals surface area contributed by atoms with Gasteiger partial charge in [-0.2, -0.15) is 0 Å². The van der Waals surface area contributed by atoms with Gasteiger partial charge in [0.15, 0.2) is 0 Å². The average Bonchev–Trinajstić information content (AvgIpc) is 2.81. The molecule has 18 heavy (non-hydrogen) atoms. The molecule has 0 aliphatic heterocycles. The Bertz CT molecular complexity index is 379. The number of carboxylic acids is 1. The van der Waals surface area contributed by atoms with Crippen LogP contribution in [-0.2, 0) is 11.2 Å². The molecular formula is C10H16N4O4. The van der Waals surface area contributed by atoms with E-state index in [0.717, 1.165) is 5.69 Å². The van der Waals surface area contributed by atoms with E-state index in [0.29, 0.717) is 13.0 Å². The number of aromatic amines is 1. The van der Waals surface area contributed by atoms with Crippen LogP contribution in [0.5, 0.6) is 0 Å². The minimum atomic E-state index is -1.17. The Morgan fingerprint density at radius 2 is 2.28 bits per heavy atom. The Morgan fingerprint density at radius 1 is 1.50 bits per heavy atom. The number of carboxylic acid groups (broad SMARTS) is 1. The summed E-state index contributed by atoms with van der Waals surface area (Å²) in [6, 6.07) is -1.66. The third-order valence-corrected chi connectivity index (χ3v) is 2.26. The Morgan fingerprint density at radius 3 is 2.83 bits per heavy atom. The van der Waals surface area contributed by atoms with E-state index in [1.165, 1.54) is 6.33 Å². The van der Waals surface area contributed by atoms with E-state index >= 15 is 0 Å². The van der Waals surface area contributed by atoms with Crippen molar-refractivity contribution in [3.05, 3.63) is 18.2 Å². The quantitative estimate of drug-likeness (QED) is 0.431. The lowest BCUT2D eigenvalue weighted by Gasteiger charge is -2.13. The van der Waals surface area contributed by atoms with E-state index in [1.807, 2.05) is 0 Å². The van der Waals surface area contributed by atoms with Gasteiger partial charge in [-0.25, -0.2) is 14.6 Å². The molecule has 0 fully saturated rings. The third kappa shape index (κ3) is 4.83. The number of H-pyrrole nitrogens is 1. The molecule has 0 bridgehead atoms. The van der Waals surface area contributed by atoms with Gasteiger partial charge in [0.25, 0.3) is 0 Å². The van der Waals surface area contributed by atoms with Crippen molar-refractivity contribution < 1.29 is 19.8 Å². The van der Waals surface area contributed by atoms with Gasteiger partial charge in [0, 0.05) is 37.9 Å². The summed E-state index contributed by atoms with van der Waals surface area (Å²) in [5.74, 6) is -1.17. The Balaban J connectivity index is 2.25. The molecule has 8 heteroatoms. The van der Waals surface area contributed by atoms with Crippen LogP contribution < -0.4 is 10.6 Å². The third-order valence-electron chi connectivity index (χ3n) is 2.26. The predicted molar refractivity (Wildman–Crippen MR) is 62.0 cm³/mol. The number of aromatic nitrogens is 2. The first-order valence-corrected chi connectivity index (χ1v) is 5.48. The SMILES string of the molecule is O=C(NCCc1cnc[nH]1)N[C@@H](CCO)C(=O)O. The largest absolute Gasteiger partial charge is 0.480 e. The van der Waals surface area contributed by atoms with Crippen LogP contribution in [0.1, 0.15) is 12.1 Å². The minimum Gasteiger partial charge on any atom is -0.480 e. The van der Waals surface area contributed by atoms with Crippen LogP contribution in [0.25, 0.3) is 0 Å². The molecule has 1 aromatic rings. The predicted octanol–water partition coefficient (Wildman–Crippen LogP) is -0.913. The standard InChI is InChI=1S/C10H16N4O4/c15-4-2-8(9(16)17)14-10(18)12-3-1-7-5-11-6-13-7/h5-6,8,15H,1-4H2,(H,11,13)(H,16,17)(H2,12,14,18)/t8-/m0/s1. The first-order chi connectivity index (χ1) is 8.63. The van der Waals surface area contributed by atoms with Crippen molar-refractivity contribution >= 4 is 12.0 Å². The first kappa shape index (κ1) is 14.0. The molecule has 0 aliphatic carbocycles. The van der Waals surface area contributed by atoms with Gasteiger partial charge in [-0.05, 0) is 0 Å². The van der Waals surface area contributed by atoms with Gasteiger partial charge in [-0.1, -0.05) is 0 Å². The number of hydrogen-bond acceptors (Lipinski definition) is 4. The zero-order valence-electron chi connectivity index (χ0n) is 9.72. The Labute approximate surface area is 103 Å². The molecule has 1 heterocycles. The fourth-order valence-corrected chi connectivity index (χ4v) is 1.33. The molecular weight excluding hydrogens is 240 g/mol. The van der Waals surface area contributed by atoms with Crippen LogP contribution in [0.4, 0.5) is 4.79 Å². The lowest BCUT2D eigenvalue weighted by atomic mass is 10.2. The van der Waals surface area contributed by atoms with Gasteiger partial charge in [0.05, 0.1) is 6.33 Å². The molecule has 0 unspecified atom stereocenters. The van der Waals surface area contributed by atoms with Crippen molar-refractivity contribution in [2.75, 3.05) is 13.2 Å². The van der Waals surface area contributed by atoms with Gasteiger partial charge in [0.1, 0.15) is 6.04 Å². The normalized spacial score (nSPS) is 11.8. The molecule has 5 N–H and O–H groups in total. The molecule has 1 aromatic heterocycles. The summed E-state index contributed by atoms with van der Waals surface area (Å²) in [4.78, 5) is 28.8. The monoisotopic (exact) mass is 256 g/mol. The van der Waals surface area contributed by atoms with Crippen molar-refractivity contribution in [1.29, 1.82) is 0 Å². The van der Waals surface area contributed by atoms with E-state index < -0.39 is 18.0 Å². The van der Waals surface area contributed by atoms with Crippen LogP contribution in [0.3, 0.4) is 0 Å². The van der Waals surface area contributed by atoms with Crippen molar-refractivity contribution in [3.63, 3.8) is 0 Å². The molecule has 100 valence electrons.